The number of nitrogens with one attached hydrogen (secondary N) is 1. The van der Waals surface area contributed by atoms with Gasteiger partial charge in [0.1, 0.15) is 6.10 Å². The Labute approximate surface area is 104 Å². The molecule has 0 saturated carbocycles. The van der Waals surface area contributed by atoms with Gasteiger partial charge in [0, 0.05) is 23.8 Å². The molecule has 0 amide bonds. The van der Waals surface area contributed by atoms with Crippen molar-refractivity contribution < 1.29 is 9.53 Å². The van der Waals surface area contributed by atoms with Gasteiger partial charge in [0.25, 0.3) is 0 Å². The number of benzene rings is 1. The van der Waals surface area contributed by atoms with E-state index in [-0.39, 0.29) is 11.9 Å². The van der Waals surface area contributed by atoms with E-state index >= 15 is 0 Å². The summed E-state index contributed by atoms with van der Waals surface area (Å²) in [6.45, 7) is 0.680. The first-order valence-corrected chi connectivity index (χ1v) is 6.06. The number of fused-ring (bicyclic) bond motifs is 1. The summed E-state index contributed by atoms with van der Waals surface area (Å²) in [5, 5.41) is 1.51. The molecule has 1 fully saturated rings. The zero-order valence-corrected chi connectivity index (χ0v) is 9.96. The summed E-state index contributed by atoms with van der Waals surface area (Å²) >= 11 is 6.06. The number of carbonyl (C=O) groups excluding carboxylic acids is 1. The third kappa shape index (κ3) is 1.75. The zero-order chi connectivity index (χ0) is 11.8. The van der Waals surface area contributed by atoms with Gasteiger partial charge in [-0.2, -0.15) is 0 Å². The molecule has 88 valence electrons. The van der Waals surface area contributed by atoms with Crippen LogP contribution in [-0.2, 0) is 4.74 Å². The van der Waals surface area contributed by atoms with Crippen LogP contribution in [0.2, 0.25) is 5.02 Å². The van der Waals surface area contributed by atoms with Crippen molar-refractivity contribution in [3.05, 3.63) is 35.0 Å². The quantitative estimate of drug-likeness (QED) is 0.831. The number of aromatic nitrogens is 1. The number of para-hydroxylation sites is 1. The molecule has 4 heteroatoms. The fourth-order valence-corrected chi connectivity index (χ4v) is 2.51. The van der Waals surface area contributed by atoms with E-state index < -0.39 is 0 Å². The number of hydrogen-bond acceptors (Lipinski definition) is 2. The summed E-state index contributed by atoms with van der Waals surface area (Å²) in [5.41, 5.74) is 1.49. The monoisotopic (exact) mass is 249 g/mol. The Morgan fingerprint density at radius 2 is 2.35 bits per heavy atom. The van der Waals surface area contributed by atoms with Crippen molar-refractivity contribution in [2.24, 2.45) is 0 Å². The normalized spacial score (nSPS) is 19.9. The van der Waals surface area contributed by atoms with Gasteiger partial charge in [-0.05, 0) is 18.9 Å². The lowest BCUT2D eigenvalue weighted by Gasteiger charge is -2.06. The van der Waals surface area contributed by atoms with Crippen LogP contribution in [0.15, 0.2) is 24.4 Å². The molecule has 1 N–H and O–H groups in total. The molecule has 0 radical (unpaired) electrons. The Balaban J connectivity index is 2.05. The number of rotatable bonds is 2. The number of aromatic amines is 1. The van der Waals surface area contributed by atoms with Gasteiger partial charge >= 0.3 is 0 Å². The number of carbonyl (C=O) groups is 1. The van der Waals surface area contributed by atoms with Crippen LogP contribution in [0.4, 0.5) is 0 Å². The highest BCUT2D eigenvalue weighted by molar-refractivity contribution is 6.35. The average molecular weight is 250 g/mol. The van der Waals surface area contributed by atoms with Crippen molar-refractivity contribution in [1.29, 1.82) is 0 Å². The number of Topliss-reactive ketones (excluding diaryl/α,β-unsaturated/α-hetero) is 1. The topological polar surface area (TPSA) is 42.1 Å². The molecule has 1 aliphatic rings. The van der Waals surface area contributed by atoms with E-state index in [1.807, 2.05) is 12.1 Å². The lowest BCUT2D eigenvalue weighted by atomic mass is 10.0. The largest absolute Gasteiger partial charge is 0.370 e. The highest BCUT2D eigenvalue weighted by Crippen LogP contribution is 2.27. The van der Waals surface area contributed by atoms with Crippen LogP contribution in [0, 0.1) is 0 Å². The predicted octanol–water partition coefficient (Wildman–Crippen LogP) is 3.18. The van der Waals surface area contributed by atoms with E-state index in [2.05, 4.69) is 4.98 Å². The predicted molar refractivity (Wildman–Crippen MR) is 66.6 cm³/mol. The molecule has 1 saturated heterocycles. The van der Waals surface area contributed by atoms with E-state index in [9.17, 15) is 4.79 Å². The van der Waals surface area contributed by atoms with Crippen molar-refractivity contribution in [2.45, 2.75) is 18.9 Å². The summed E-state index contributed by atoms with van der Waals surface area (Å²) in [6, 6.07) is 5.56. The molecular weight excluding hydrogens is 238 g/mol. The number of H-pyrrole nitrogens is 1. The maximum absolute atomic E-state index is 12.2. The van der Waals surface area contributed by atoms with E-state index in [4.69, 9.17) is 16.3 Å². The van der Waals surface area contributed by atoms with Gasteiger partial charge < -0.3 is 9.72 Å². The molecular formula is C13H12ClNO2. The lowest BCUT2D eigenvalue weighted by molar-refractivity contribution is 0.0644. The molecule has 0 aliphatic carbocycles. The van der Waals surface area contributed by atoms with Crippen LogP contribution in [0.25, 0.3) is 10.9 Å². The van der Waals surface area contributed by atoms with E-state index in [1.54, 1.807) is 12.3 Å². The summed E-state index contributed by atoms with van der Waals surface area (Å²) in [5.74, 6) is 0.0519. The fourth-order valence-electron chi connectivity index (χ4n) is 2.28. The standard InChI is InChI=1S/C13H12ClNO2/c14-10-4-1-3-8-9(7-15-12(8)10)13(16)11-5-2-6-17-11/h1,3-4,7,11,15H,2,5-6H2. The molecule has 1 unspecified atom stereocenters. The van der Waals surface area contributed by atoms with E-state index in [0.29, 0.717) is 17.2 Å². The zero-order valence-electron chi connectivity index (χ0n) is 9.20. The smallest absolute Gasteiger partial charge is 0.193 e. The van der Waals surface area contributed by atoms with Crippen LogP contribution >= 0.6 is 11.6 Å². The van der Waals surface area contributed by atoms with Gasteiger partial charge in [0.2, 0.25) is 0 Å². The third-order valence-corrected chi connectivity index (χ3v) is 3.47. The molecule has 2 aromatic rings. The van der Waals surface area contributed by atoms with Crippen LogP contribution in [0.1, 0.15) is 23.2 Å². The second-order valence-electron chi connectivity index (χ2n) is 4.23. The van der Waals surface area contributed by atoms with Crippen molar-refractivity contribution >= 4 is 28.3 Å². The van der Waals surface area contributed by atoms with Crippen molar-refractivity contribution in [3.63, 3.8) is 0 Å². The molecule has 17 heavy (non-hydrogen) atoms. The first-order chi connectivity index (χ1) is 8.27. The SMILES string of the molecule is O=C(c1c[nH]c2c(Cl)cccc12)C1CCCO1. The Bertz CT molecular complexity index is 570. The molecule has 1 aromatic carbocycles. The molecule has 3 rings (SSSR count). The molecule has 3 nitrogen and oxygen atoms in total. The minimum absolute atomic E-state index is 0.0519. The Morgan fingerprint density at radius 1 is 1.47 bits per heavy atom. The number of halogens is 1. The average Bonchev–Trinajstić information content (AvgIpc) is 2.98. The summed E-state index contributed by atoms with van der Waals surface area (Å²) in [6.07, 6.45) is 3.21. The summed E-state index contributed by atoms with van der Waals surface area (Å²) in [4.78, 5) is 15.3. The third-order valence-electron chi connectivity index (χ3n) is 3.15. The van der Waals surface area contributed by atoms with Gasteiger partial charge in [-0.1, -0.05) is 23.7 Å². The molecule has 1 aliphatic heterocycles. The van der Waals surface area contributed by atoms with Crippen LogP contribution in [0.5, 0.6) is 0 Å². The van der Waals surface area contributed by atoms with Gasteiger partial charge in [-0.3, -0.25) is 4.79 Å². The first-order valence-electron chi connectivity index (χ1n) is 5.69. The Morgan fingerprint density at radius 3 is 3.12 bits per heavy atom. The van der Waals surface area contributed by atoms with E-state index in [1.165, 1.54) is 0 Å². The van der Waals surface area contributed by atoms with Crippen LogP contribution in [-0.4, -0.2) is 23.5 Å². The van der Waals surface area contributed by atoms with E-state index in [0.717, 1.165) is 23.7 Å². The fraction of sp³-hybridized carbons (Fsp3) is 0.308. The van der Waals surface area contributed by atoms with Crippen LogP contribution in [0.3, 0.4) is 0 Å². The lowest BCUT2D eigenvalue weighted by Crippen LogP contribution is -2.18. The van der Waals surface area contributed by atoms with Crippen LogP contribution < -0.4 is 0 Å². The van der Waals surface area contributed by atoms with Gasteiger partial charge in [-0.25, -0.2) is 0 Å². The summed E-state index contributed by atoms with van der Waals surface area (Å²) in [7, 11) is 0. The maximum atomic E-state index is 12.2. The highest BCUT2D eigenvalue weighted by Gasteiger charge is 2.26. The Hall–Kier alpha value is -1.32. The first kappa shape index (κ1) is 10.8. The summed E-state index contributed by atoms with van der Waals surface area (Å²) < 4.78 is 5.42. The van der Waals surface area contributed by atoms with Gasteiger partial charge in [0.05, 0.1) is 10.5 Å². The highest BCUT2D eigenvalue weighted by atomic mass is 35.5. The molecule has 0 spiro atoms. The minimum atomic E-state index is -0.284. The number of ketones is 1. The van der Waals surface area contributed by atoms with Crippen molar-refractivity contribution in [1.82, 2.24) is 4.98 Å². The number of ether oxygens (including phenoxy) is 1. The maximum Gasteiger partial charge on any atom is 0.193 e. The minimum Gasteiger partial charge on any atom is -0.370 e. The number of hydrogen-bond donors (Lipinski definition) is 1. The molecule has 2 heterocycles. The Kier molecular flexibility index (Phi) is 2.65. The second kappa shape index (κ2) is 4.17. The van der Waals surface area contributed by atoms with Crippen molar-refractivity contribution in [2.75, 3.05) is 6.61 Å². The van der Waals surface area contributed by atoms with Gasteiger partial charge in [-0.15, -0.1) is 0 Å². The van der Waals surface area contributed by atoms with Crippen molar-refractivity contribution in [3.8, 4) is 0 Å². The molecule has 1 atom stereocenters. The molecule has 0 bridgehead atoms. The second-order valence-corrected chi connectivity index (χ2v) is 4.64. The van der Waals surface area contributed by atoms with Gasteiger partial charge in [0.15, 0.2) is 5.78 Å². The molecule has 1 aromatic heterocycles.